The Morgan fingerprint density at radius 1 is 1.17 bits per heavy atom. The van der Waals surface area contributed by atoms with E-state index in [1.165, 1.54) is 5.69 Å². The van der Waals surface area contributed by atoms with Gasteiger partial charge in [0.15, 0.2) is 0 Å². The Hall–Kier alpha value is -1.06. The van der Waals surface area contributed by atoms with Gasteiger partial charge in [-0.15, -0.1) is 0 Å². The van der Waals surface area contributed by atoms with Crippen LogP contribution in [-0.4, -0.2) is 14.8 Å². The standard InChI is InChI=1S/C13H15Cl2N3/c1-3-9-7-10(4-2)18(17-9)8-12-11(14)5-6-13(15)16-12/h5-7H,3-4,8H2,1-2H3. The third kappa shape index (κ3) is 2.85. The van der Waals surface area contributed by atoms with Gasteiger partial charge in [-0.3, -0.25) is 4.68 Å². The predicted octanol–water partition coefficient (Wildman–Crippen LogP) is 3.76. The molecule has 0 aliphatic carbocycles. The maximum absolute atomic E-state index is 6.12. The summed E-state index contributed by atoms with van der Waals surface area (Å²) in [6.07, 6.45) is 1.86. The molecule has 0 aliphatic heterocycles. The average molecular weight is 284 g/mol. The van der Waals surface area contributed by atoms with Gasteiger partial charge in [0.1, 0.15) is 5.15 Å². The fraction of sp³-hybridized carbons (Fsp3) is 0.385. The Morgan fingerprint density at radius 2 is 1.94 bits per heavy atom. The number of aromatic nitrogens is 3. The zero-order valence-corrected chi connectivity index (χ0v) is 12.0. The molecule has 0 amide bonds. The largest absolute Gasteiger partial charge is 0.263 e. The second-order valence-electron chi connectivity index (χ2n) is 4.05. The highest BCUT2D eigenvalue weighted by Crippen LogP contribution is 2.19. The Morgan fingerprint density at radius 3 is 2.61 bits per heavy atom. The number of halogens is 2. The molecule has 0 unspecified atom stereocenters. The molecule has 0 aromatic carbocycles. The van der Waals surface area contributed by atoms with E-state index in [0.717, 1.165) is 24.2 Å². The Kier molecular flexibility index (Phi) is 4.25. The molecule has 0 aliphatic rings. The van der Waals surface area contributed by atoms with Crippen molar-refractivity contribution in [2.24, 2.45) is 0 Å². The number of nitrogens with zero attached hydrogens (tertiary/aromatic N) is 3. The van der Waals surface area contributed by atoms with Gasteiger partial charge in [0.2, 0.25) is 0 Å². The first-order valence-electron chi connectivity index (χ1n) is 6.00. The monoisotopic (exact) mass is 283 g/mol. The zero-order valence-electron chi connectivity index (χ0n) is 10.5. The van der Waals surface area contributed by atoms with E-state index in [1.54, 1.807) is 12.1 Å². The third-order valence-corrected chi connectivity index (χ3v) is 3.38. The van der Waals surface area contributed by atoms with Crippen LogP contribution in [-0.2, 0) is 19.4 Å². The van der Waals surface area contributed by atoms with E-state index in [1.807, 2.05) is 4.68 Å². The van der Waals surface area contributed by atoms with Crippen LogP contribution < -0.4 is 0 Å². The van der Waals surface area contributed by atoms with Crippen molar-refractivity contribution >= 4 is 23.2 Å². The van der Waals surface area contributed by atoms with Crippen LogP contribution in [0.5, 0.6) is 0 Å². The van der Waals surface area contributed by atoms with Crippen LogP contribution in [0.15, 0.2) is 18.2 Å². The topological polar surface area (TPSA) is 30.7 Å². The molecule has 0 spiro atoms. The first kappa shape index (κ1) is 13.4. The van der Waals surface area contributed by atoms with Crippen LogP contribution in [0.25, 0.3) is 0 Å². The molecule has 0 fully saturated rings. The van der Waals surface area contributed by atoms with Crippen LogP contribution in [0.2, 0.25) is 10.2 Å². The molecular formula is C13H15Cl2N3. The van der Waals surface area contributed by atoms with Crippen molar-refractivity contribution in [3.63, 3.8) is 0 Å². The highest BCUT2D eigenvalue weighted by Gasteiger charge is 2.09. The van der Waals surface area contributed by atoms with E-state index < -0.39 is 0 Å². The Balaban J connectivity index is 2.32. The van der Waals surface area contributed by atoms with Gasteiger partial charge >= 0.3 is 0 Å². The van der Waals surface area contributed by atoms with Gasteiger partial charge in [0.25, 0.3) is 0 Å². The van der Waals surface area contributed by atoms with Crippen LogP contribution in [0.1, 0.15) is 30.9 Å². The molecule has 2 rings (SSSR count). The minimum atomic E-state index is 0.454. The van der Waals surface area contributed by atoms with E-state index in [2.05, 4.69) is 30.0 Å². The van der Waals surface area contributed by atoms with Crippen molar-refractivity contribution in [2.75, 3.05) is 0 Å². The van der Waals surface area contributed by atoms with Gasteiger partial charge in [-0.05, 0) is 31.0 Å². The van der Waals surface area contributed by atoms with Gasteiger partial charge < -0.3 is 0 Å². The number of rotatable bonds is 4. The number of pyridine rings is 1. The van der Waals surface area contributed by atoms with Crippen LogP contribution >= 0.6 is 23.2 Å². The lowest BCUT2D eigenvalue weighted by Gasteiger charge is -2.07. The molecule has 0 saturated carbocycles. The van der Waals surface area contributed by atoms with Crippen molar-refractivity contribution in [1.29, 1.82) is 0 Å². The quantitative estimate of drug-likeness (QED) is 0.800. The maximum atomic E-state index is 6.12. The highest BCUT2D eigenvalue weighted by molar-refractivity contribution is 6.32. The molecule has 0 N–H and O–H groups in total. The van der Waals surface area contributed by atoms with Crippen LogP contribution in [0, 0.1) is 0 Å². The number of aryl methyl sites for hydroxylation is 2. The van der Waals surface area contributed by atoms with E-state index >= 15 is 0 Å². The lowest BCUT2D eigenvalue weighted by Crippen LogP contribution is -2.08. The fourth-order valence-corrected chi connectivity index (χ4v) is 2.15. The summed E-state index contributed by atoms with van der Waals surface area (Å²) in [4.78, 5) is 4.25. The predicted molar refractivity (Wildman–Crippen MR) is 74.3 cm³/mol. The molecular weight excluding hydrogens is 269 g/mol. The number of hydrogen-bond donors (Lipinski definition) is 0. The molecule has 2 heterocycles. The summed E-state index contributed by atoms with van der Waals surface area (Å²) in [6.45, 7) is 4.76. The van der Waals surface area contributed by atoms with Crippen molar-refractivity contribution in [3.8, 4) is 0 Å². The molecule has 18 heavy (non-hydrogen) atoms. The zero-order chi connectivity index (χ0) is 13.1. The summed E-state index contributed by atoms with van der Waals surface area (Å²) in [5, 5.41) is 5.61. The van der Waals surface area contributed by atoms with Crippen molar-refractivity contribution in [1.82, 2.24) is 14.8 Å². The summed E-state index contributed by atoms with van der Waals surface area (Å²) in [7, 11) is 0. The van der Waals surface area contributed by atoms with Gasteiger partial charge in [0.05, 0.1) is 23.0 Å². The fourth-order valence-electron chi connectivity index (χ4n) is 1.82. The summed E-state index contributed by atoms with van der Waals surface area (Å²) in [5.41, 5.74) is 3.03. The molecule has 2 aromatic rings. The first-order chi connectivity index (χ1) is 8.63. The van der Waals surface area contributed by atoms with Crippen molar-refractivity contribution in [3.05, 3.63) is 45.5 Å². The van der Waals surface area contributed by atoms with Crippen molar-refractivity contribution < 1.29 is 0 Å². The molecule has 0 atom stereocenters. The Labute approximate surface area is 117 Å². The van der Waals surface area contributed by atoms with Crippen LogP contribution in [0.4, 0.5) is 0 Å². The van der Waals surface area contributed by atoms with Gasteiger partial charge in [-0.1, -0.05) is 37.0 Å². The normalized spacial score (nSPS) is 10.9. The SMILES string of the molecule is CCc1cc(CC)n(Cc2nc(Cl)ccc2Cl)n1. The highest BCUT2D eigenvalue weighted by atomic mass is 35.5. The Bertz CT molecular complexity index is 549. The second-order valence-corrected chi connectivity index (χ2v) is 4.85. The van der Waals surface area contributed by atoms with E-state index in [4.69, 9.17) is 23.2 Å². The molecule has 0 bridgehead atoms. The summed E-state index contributed by atoms with van der Waals surface area (Å²) in [6, 6.07) is 5.58. The third-order valence-electron chi connectivity index (χ3n) is 2.82. The molecule has 5 heteroatoms. The van der Waals surface area contributed by atoms with Gasteiger partial charge in [-0.2, -0.15) is 5.10 Å². The molecule has 0 radical (unpaired) electrons. The maximum Gasteiger partial charge on any atom is 0.129 e. The average Bonchev–Trinajstić information content (AvgIpc) is 2.76. The van der Waals surface area contributed by atoms with E-state index in [9.17, 15) is 0 Å². The molecule has 2 aromatic heterocycles. The lowest BCUT2D eigenvalue weighted by molar-refractivity contribution is 0.630. The molecule has 0 saturated heterocycles. The van der Waals surface area contributed by atoms with Gasteiger partial charge in [0, 0.05) is 5.69 Å². The lowest BCUT2D eigenvalue weighted by atomic mass is 10.2. The van der Waals surface area contributed by atoms with Crippen LogP contribution in [0.3, 0.4) is 0 Å². The number of hydrogen-bond acceptors (Lipinski definition) is 2. The minimum absolute atomic E-state index is 0.454. The summed E-state index contributed by atoms with van der Waals surface area (Å²) < 4.78 is 1.95. The van der Waals surface area contributed by atoms with E-state index in [-0.39, 0.29) is 0 Å². The van der Waals surface area contributed by atoms with Crippen molar-refractivity contribution in [2.45, 2.75) is 33.2 Å². The smallest absolute Gasteiger partial charge is 0.129 e. The molecule has 96 valence electrons. The van der Waals surface area contributed by atoms with E-state index in [0.29, 0.717) is 16.7 Å². The molecule has 3 nitrogen and oxygen atoms in total. The van der Waals surface area contributed by atoms with Gasteiger partial charge in [-0.25, -0.2) is 4.98 Å². The minimum Gasteiger partial charge on any atom is -0.263 e. The second kappa shape index (κ2) is 5.72. The summed E-state index contributed by atoms with van der Waals surface area (Å²) >= 11 is 12.0. The first-order valence-corrected chi connectivity index (χ1v) is 6.76. The summed E-state index contributed by atoms with van der Waals surface area (Å²) in [5.74, 6) is 0.